The zero-order chi connectivity index (χ0) is 18.0. The van der Waals surface area contributed by atoms with Gasteiger partial charge in [-0.2, -0.15) is 0 Å². The Balaban J connectivity index is 1.86. The number of hydrogen-bond acceptors (Lipinski definition) is 4. The highest BCUT2D eigenvalue weighted by Gasteiger charge is 2.33. The molecule has 4 nitrogen and oxygen atoms in total. The molecule has 1 N–H and O–H groups in total. The molecule has 1 heterocycles. The van der Waals surface area contributed by atoms with E-state index in [1.54, 1.807) is 6.20 Å². The normalized spacial score (nSPS) is 25.1. The standard InChI is InChI=1S/C21H32N2O2/c1-5-25-20(24)18-13-22-19(17-9-7-6-8-16(17)18)23-15-10-14(2)11-21(3,4)12-15/h13-15H,5-12H2,1-4H3,(H,22,23). The van der Waals surface area contributed by atoms with Crippen molar-refractivity contribution in [2.75, 3.05) is 11.9 Å². The van der Waals surface area contributed by atoms with Gasteiger partial charge in [0.1, 0.15) is 5.82 Å². The maximum Gasteiger partial charge on any atom is 0.339 e. The Morgan fingerprint density at radius 2 is 2.00 bits per heavy atom. The summed E-state index contributed by atoms with van der Waals surface area (Å²) in [6.07, 6.45) is 9.64. The minimum atomic E-state index is -0.230. The van der Waals surface area contributed by atoms with Crippen molar-refractivity contribution in [2.24, 2.45) is 11.3 Å². The fraction of sp³-hybridized carbons (Fsp3) is 0.714. The maximum absolute atomic E-state index is 12.3. The van der Waals surface area contributed by atoms with Crippen molar-refractivity contribution < 1.29 is 9.53 Å². The fourth-order valence-electron chi connectivity index (χ4n) is 4.91. The first-order valence-corrected chi connectivity index (χ1v) is 9.84. The van der Waals surface area contributed by atoms with Gasteiger partial charge in [0, 0.05) is 12.2 Å². The molecule has 2 aliphatic rings. The third kappa shape index (κ3) is 4.16. The summed E-state index contributed by atoms with van der Waals surface area (Å²) in [5, 5.41) is 3.73. The summed E-state index contributed by atoms with van der Waals surface area (Å²) in [5.74, 6) is 1.50. The van der Waals surface area contributed by atoms with Gasteiger partial charge in [0.2, 0.25) is 0 Å². The van der Waals surface area contributed by atoms with Crippen molar-refractivity contribution in [3.63, 3.8) is 0 Å². The predicted octanol–water partition coefficient (Wildman–Crippen LogP) is 4.76. The second-order valence-corrected chi connectivity index (χ2v) is 8.66. The number of anilines is 1. The Morgan fingerprint density at radius 3 is 2.68 bits per heavy atom. The minimum Gasteiger partial charge on any atom is -0.462 e. The van der Waals surface area contributed by atoms with Crippen molar-refractivity contribution in [3.05, 3.63) is 22.9 Å². The van der Waals surface area contributed by atoms with E-state index in [0.717, 1.165) is 36.6 Å². The molecule has 25 heavy (non-hydrogen) atoms. The first-order valence-electron chi connectivity index (χ1n) is 9.84. The lowest BCUT2D eigenvalue weighted by molar-refractivity contribution is 0.0524. The smallest absolute Gasteiger partial charge is 0.339 e. The summed E-state index contributed by atoms with van der Waals surface area (Å²) in [5.41, 5.74) is 3.44. The van der Waals surface area contributed by atoms with Crippen LogP contribution in [0.4, 0.5) is 5.82 Å². The van der Waals surface area contributed by atoms with Crippen LogP contribution in [0, 0.1) is 11.3 Å². The number of esters is 1. The summed E-state index contributed by atoms with van der Waals surface area (Å²) in [6.45, 7) is 9.33. The number of aromatic nitrogens is 1. The molecule has 0 aromatic carbocycles. The third-order valence-corrected chi connectivity index (χ3v) is 5.62. The van der Waals surface area contributed by atoms with Crippen LogP contribution in [0.5, 0.6) is 0 Å². The van der Waals surface area contributed by atoms with Crippen LogP contribution in [0.15, 0.2) is 6.20 Å². The average Bonchev–Trinajstić information content (AvgIpc) is 2.53. The Morgan fingerprint density at radius 1 is 1.28 bits per heavy atom. The van der Waals surface area contributed by atoms with Gasteiger partial charge in [-0.3, -0.25) is 0 Å². The molecular formula is C21H32N2O2. The van der Waals surface area contributed by atoms with E-state index < -0.39 is 0 Å². The summed E-state index contributed by atoms with van der Waals surface area (Å²) in [6, 6.07) is 0.464. The summed E-state index contributed by atoms with van der Waals surface area (Å²) in [4.78, 5) is 16.9. The van der Waals surface area contributed by atoms with Gasteiger partial charge < -0.3 is 10.1 Å². The van der Waals surface area contributed by atoms with Crippen LogP contribution < -0.4 is 5.32 Å². The lowest BCUT2D eigenvalue weighted by Crippen LogP contribution is -2.36. The molecule has 0 amide bonds. The SMILES string of the molecule is CCOC(=O)c1cnc(NC2CC(C)CC(C)(C)C2)c2c1CCCC2. The maximum atomic E-state index is 12.3. The molecule has 2 unspecified atom stereocenters. The van der Waals surface area contributed by atoms with Gasteiger partial charge in [0.05, 0.1) is 12.2 Å². The van der Waals surface area contributed by atoms with Gasteiger partial charge in [-0.05, 0) is 74.3 Å². The molecule has 0 radical (unpaired) electrons. The zero-order valence-corrected chi connectivity index (χ0v) is 16.2. The molecule has 1 aromatic rings. The second kappa shape index (κ2) is 7.35. The van der Waals surface area contributed by atoms with Crippen LogP contribution in [0.1, 0.15) is 81.3 Å². The highest BCUT2D eigenvalue weighted by Crippen LogP contribution is 2.40. The van der Waals surface area contributed by atoms with Crippen molar-refractivity contribution in [2.45, 2.75) is 78.7 Å². The van der Waals surface area contributed by atoms with E-state index >= 15 is 0 Å². The average molecular weight is 344 g/mol. The molecular weight excluding hydrogens is 312 g/mol. The van der Waals surface area contributed by atoms with E-state index in [4.69, 9.17) is 4.74 Å². The van der Waals surface area contributed by atoms with Crippen LogP contribution in [0.25, 0.3) is 0 Å². The van der Waals surface area contributed by atoms with Crippen molar-refractivity contribution in [1.29, 1.82) is 0 Å². The Kier molecular flexibility index (Phi) is 5.35. The van der Waals surface area contributed by atoms with Crippen molar-refractivity contribution >= 4 is 11.8 Å². The molecule has 1 fully saturated rings. The molecule has 0 spiro atoms. The van der Waals surface area contributed by atoms with Crippen LogP contribution >= 0.6 is 0 Å². The van der Waals surface area contributed by atoms with E-state index in [9.17, 15) is 4.79 Å². The summed E-state index contributed by atoms with van der Waals surface area (Å²) < 4.78 is 5.23. The Hall–Kier alpha value is -1.58. The fourth-order valence-corrected chi connectivity index (χ4v) is 4.91. The van der Waals surface area contributed by atoms with E-state index in [0.29, 0.717) is 23.6 Å². The number of nitrogens with zero attached hydrogens (tertiary/aromatic N) is 1. The molecule has 2 aliphatic carbocycles. The van der Waals surface area contributed by atoms with Gasteiger partial charge in [-0.15, -0.1) is 0 Å². The van der Waals surface area contributed by atoms with Crippen molar-refractivity contribution in [1.82, 2.24) is 4.98 Å². The number of ether oxygens (including phenoxy) is 1. The van der Waals surface area contributed by atoms with E-state index in [1.165, 1.54) is 31.2 Å². The molecule has 138 valence electrons. The largest absolute Gasteiger partial charge is 0.462 e. The first kappa shape index (κ1) is 18.2. The van der Waals surface area contributed by atoms with E-state index in [1.807, 2.05) is 6.92 Å². The Bertz CT molecular complexity index is 639. The molecule has 2 atom stereocenters. The number of rotatable bonds is 4. The monoisotopic (exact) mass is 344 g/mol. The number of carbonyl (C=O) groups is 1. The van der Waals surface area contributed by atoms with Gasteiger partial charge in [-0.1, -0.05) is 20.8 Å². The van der Waals surface area contributed by atoms with Crippen molar-refractivity contribution in [3.8, 4) is 0 Å². The molecule has 1 aromatic heterocycles. The lowest BCUT2D eigenvalue weighted by Gasteiger charge is -2.40. The molecule has 0 aliphatic heterocycles. The van der Waals surface area contributed by atoms with Gasteiger partial charge in [0.25, 0.3) is 0 Å². The third-order valence-electron chi connectivity index (χ3n) is 5.62. The first-order chi connectivity index (χ1) is 11.9. The van der Waals surface area contributed by atoms with Crippen LogP contribution in [0.2, 0.25) is 0 Å². The number of carbonyl (C=O) groups excluding carboxylic acids is 1. The van der Waals surface area contributed by atoms with Crippen LogP contribution in [-0.4, -0.2) is 23.6 Å². The zero-order valence-electron chi connectivity index (χ0n) is 16.2. The van der Waals surface area contributed by atoms with Crippen LogP contribution in [-0.2, 0) is 17.6 Å². The predicted molar refractivity (Wildman–Crippen MR) is 101 cm³/mol. The highest BCUT2D eigenvalue weighted by molar-refractivity contribution is 5.91. The molecule has 0 bridgehead atoms. The molecule has 1 saturated carbocycles. The number of hydrogen-bond donors (Lipinski definition) is 1. The molecule has 3 rings (SSSR count). The summed E-state index contributed by atoms with van der Waals surface area (Å²) in [7, 11) is 0. The lowest BCUT2D eigenvalue weighted by atomic mass is 9.70. The molecule has 0 saturated heterocycles. The quantitative estimate of drug-likeness (QED) is 0.800. The van der Waals surface area contributed by atoms with Crippen LogP contribution in [0.3, 0.4) is 0 Å². The number of fused-ring (bicyclic) bond motifs is 1. The second-order valence-electron chi connectivity index (χ2n) is 8.66. The Labute approximate surface area is 151 Å². The van der Waals surface area contributed by atoms with Gasteiger partial charge in [-0.25, -0.2) is 9.78 Å². The van der Waals surface area contributed by atoms with E-state index in [-0.39, 0.29) is 5.97 Å². The minimum absolute atomic E-state index is 0.230. The summed E-state index contributed by atoms with van der Waals surface area (Å²) >= 11 is 0. The molecule has 4 heteroatoms. The highest BCUT2D eigenvalue weighted by atomic mass is 16.5. The number of pyridine rings is 1. The van der Waals surface area contributed by atoms with Gasteiger partial charge in [0.15, 0.2) is 0 Å². The topological polar surface area (TPSA) is 51.2 Å². The van der Waals surface area contributed by atoms with E-state index in [2.05, 4.69) is 31.1 Å². The number of nitrogens with one attached hydrogen (secondary N) is 1. The van der Waals surface area contributed by atoms with Gasteiger partial charge >= 0.3 is 5.97 Å².